The van der Waals surface area contributed by atoms with Crippen molar-refractivity contribution in [2.45, 2.75) is 29.3 Å². The molecule has 1 fully saturated rings. The molecule has 0 spiro atoms. The van der Waals surface area contributed by atoms with Gasteiger partial charge in [-0.05, 0) is 39.2 Å². The first-order valence-corrected chi connectivity index (χ1v) is 9.65. The molecule has 2 heterocycles. The number of nitrogens with zero attached hydrogens (tertiary/aromatic N) is 1. The van der Waals surface area contributed by atoms with E-state index in [0.717, 1.165) is 6.42 Å². The maximum Gasteiger partial charge on any atom is 0.253 e. The van der Waals surface area contributed by atoms with E-state index in [1.807, 2.05) is 0 Å². The summed E-state index contributed by atoms with van der Waals surface area (Å²) in [6.45, 7) is 5.32. The van der Waals surface area contributed by atoms with Crippen LogP contribution >= 0.6 is 43.2 Å². The molecule has 0 bridgehead atoms. The Labute approximate surface area is 129 Å². The molecule has 1 unspecified atom stereocenters. The van der Waals surface area contributed by atoms with Crippen molar-refractivity contribution in [1.29, 1.82) is 0 Å². The van der Waals surface area contributed by atoms with Gasteiger partial charge in [0.2, 0.25) is 0 Å². The third-order valence-corrected chi connectivity index (χ3v) is 9.41. The molecule has 1 aromatic rings. The molecule has 7 heteroatoms. The summed E-state index contributed by atoms with van der Waals surface area (Å²) < 4.78 is 27.8. The van der Waals surface area contributed by atoms with Gasteiger partial charge in [0.05, 0.1) is 0 Å². The minimum Gasteiger partial charge on any atom is -0.206 e. The summed E-state index contributed by atoms with van der Waals surface area (Å²) in [4.78, 5) is 0.364. The Kier molecular flexibility index (Phi) is 4.29. The lowest BCUT2D eigenvalue weighted by Crippen LogP contribution is -2.48. The summed E-state index contributed by atoms with van der Waals surface area (Å²) in [7, 11) is -3.36. The minimum atomic E-state index is -3.36. The van der Waals surface area contributed by atoms with Crippen molar-refractivity contribution >= 4 is 53.2 Å². The molecule has 1 saturated heterocycles. The van der Waals surface area contributed by atoms with Crippen LogP contribution in [0.1, 0.15) is 20.3 Å². The van der Waals surface area contributed by atoms with Crippen molar-refractivity contribution in [2.24, 2.45) is 5.41 Å². The van der Waals surface area contributed by atoms with Crippen molar-refractivity contribution in [3.8, 4) is 0 Å². The Morgan fingerprint density at radius 3 is 2.67 bits per heavy atom. The van der Waals surface area contributed by atoms with Crippen LogP contribution in [0.25, 0.3) is 0 Å². The standard InChI is InChI=1S/C11H15Br2NO2S2/c1-11(2)7-14(5-3-9(11)13)18(15,16)10-8(12)4-6-17-10/h4,6,9H,3,5,7H2,1-2H3. The normalized spacial score (nSPS) is 25.2. The summed E-state index contributed by atoms with van der Waals surface area (Å²) in [6.07, 6.45) is 0.842. The number of halogens is 2. The van der Waals surface area contributed by atoms with Crippen LogP contribution in [-0.4, -0.2) is 30.6 Å². The smallest absolute Gasteiger partial charge is 0.206 e. The van der Waals surface area contributed by atoms with Crippen molar-refractivity contribution in [2.75, 3.05) is 13.1 Å². The van der Waals surface area contributed by atoms with Crippen LogP contribution in [0.15, 0.2) is 20.1 Å². The van der Waals surface area contributed by atoms with Crippen molar-refractivity contribution in [3.05, 3.63) is 15.9 Å². The van der Waals surface area contributed by atoms with Crippen LogP contribution in [0.2, 0.25) is 0 Å². The van der Waals surface area contributed by atoms with E-state index in [-0.39, 0.29) is 5.41 Å². The first-order chi connectivity index (χ1) is 8.25. The summed E-state index contributed by atoms with van der Waals surface area (Å²) >= 11 is 8.21. The Hall–Kier alpha value is 0.570. The third kappa shape index (κ3) is 2.70. The molecule has 1 aliphatic rings. The number of alkyl halides is 1. The summed E-state index contributed by atoms with van der Waals surface area (Å²) in [5, 5.41) is 1.79. The molecule has 0 aromatic carbocycles. The fraction of sp³-hybridized carbons (Fsp3) is 0.636. The third-order valence-electron chi connectivity index (χ3n) is 3.22. The lowest BCUT2D eigenvalue weighted by Gasteiger charge is -2.40. The number of hydrogen-bond donors (Lipinski definition) is 0. The predicted molar refractivity (Wildman–Crippen MR) is 81.9 cm³/mol. The van der Waals surface area contributed by atoms with Crippen LogP contribution in [0, 0.1) is 5.41 Å². The fourth-order valence-corrected chi connectivity index (χ4v) is 6.49. The summed E-state index contributed by atoms with van der Waals surface area (Å²) in [5.74, 6) is 0. The Balaban J connectivity index is 2.30. The van der Waals surface area contributed by atoms with Gasteiger partial charge in [-0.1, -0.05) is 29.8 Å². The molecule has 0 amide bonds. The highest BCUT2D eigenvalue weighted by Gasteiger charge is 2.40. The summed E-state index contributed by atoms with van der Waals surface area (Å²) in [6, 6.07) is 1.78. The van der Waals surface area contributed by atoms with Crippen LogP contribution in [0.5, 0.6) is 0 Å². The number of piperidine rings is 1. The van der Waals surface area contributed by atoms with Gasteiger partial charge in [0.15, 0.2) is 0 Å². The molecule has 2 rings (SSSR count). The van der Waals surface area contributed by atoms with E-state index in [1.165, 1.54) is 11.3 Å². The fourth-order valence-electron chi connectivity index (χ4n) is 2.07. The molecule has 3 nitrogen and oxygen atoms in total. The quantitative estimate of drug-likeness (QED) is 0.689. The molecule has 102 valence electrons. The second kappa shape index (κ2) is 5.16. The van der Waals surface area contributed by atoms with E-state index in [1.54, 1.807) is 15.8 Å². The average molecular weight is 417 g/mol. The van der Waals surface area contributed by atoms with E-state index in [2.05, 4.69) is 45.7 Å². The second-order valence-electron chi connectivity index (χ2n) is 5.14. The maximum atomic E-state index is 12.6. The minimum absolute atomic E-state index is 0.0466. The van der Waals surface area contributed by atoms with Crippen LogP contribution < -0.4 is 0 Å². The van der Waals surface area contributed by atoms with Gasteiger partial charge in [0.1, 0.15) is 4.21 Å². The predicted octanol–water partition coefficient (Wildman–Crippen LogP) is 3.69. The molecule has 1 aliphatic heterocycles. The highest BCUT2D eigenvalue weighted by Crippen LogP contribution is 2.38. The van der Waals surface area contributed by atoms with E-state index in [4.69, 9.17) is 0 Å². The van der Waals surface area contributed by atoms with Gasteiger partial charge >= 0.3 is 0 Å². The maximum absolute atomic E-state index is 12.6. The Morgan fingerprint density at radius 2 is 2.17 bits per heavy atom. The number of thiophene rings is 1. The second-order valence-corrected chi connectivity index (χ2v) is 10.1. The Bertz CT molecular complexity index is 539. The van der Waals surface area contributed by atoms with Gasteiger partial charge in [-0.3, -0.25) is 0 Å². The number of rotatable bonds is 2. The zero-order chi connectivity index (χ0) is 13.6. The zero-order valence-corrected chi connectivity index (χ0v) is 15.0. The van der Waals surface area contributed by atoms with Gasteiger partial charge in [0, 0.05) is 22.4 Å². The first-order valence-electron chi connectivity index (χ1n) is 5.62. The highest BCUT2D eigenvalue weighted by molar-refractivity contribution is 9.10. The van der Waals surface area contributed by atoms with Gasteiger partial charge in [-0.15, -0.1) is 11.3 Å². The monoisotopic (exact) mass is 415 g/mol. The highest BCUT2D eigenvalue weighted by atomic mass is 79.9. The molecule has 0 N–H and O–H groups in total. The topological polar surface area (TPSA) is 37.4 Å². The Morgan fingerprint density at radius 1 is 1.50 bits per heavy atom. The number of sulfonamides is 1. The van der Waals surface area contributed by atoms with Gasteiger partial charge in [-0.2, -0.15) is 4.31 Å². The average Bonchev–Trinajstić information content (AvgIpc) is 2.69. The summed E-state index contributed by atoms with van der Waals surface area (Å²) in [5.41, 5.74) is -0.0466. The molecule has 1 atom stereocenters. The lowest BCUT2D eigenvalue weighted by atomic mass is 9.85. The van der Waals surface area contributed by atoms with Crippen molar-refractivity contribution in [1.82, 2.24) is 4.31 Å². The lowest BCUT2D eigenvalue weighted by molar-refractivity contribution is 0.199. The van der Waals surface area contributed by atoms with Gasteiger partial charge in [0.25, 0.3) is 10.0 Å². The molecular formula is C11H15Br2NO2S2. The number of hydrogen-bond acceptors (Lipinski definition) is 3. The molecular weight excluding hydrogens is 402 g/mol. The molecule has 0 saturated carbocycles. The first kappa shape index (κ1) is 15.0. The SMILES string of the molecule is CC1(C)CN(S(=O)(=O)c2sccc2Br)CCC1Br. The van der Waals surface area contributed by atoms with E-state index < -0.39 is 10.0 Å². The van der Waals surface area contributed by atoms with Crippen LogP contribution in [-0.2, 0) is 10.0 Å². The largest absolute Gasteiger partial charge is 0.253 e. The molecule has 1 aromatic heterocycles. The molecule has 0 radical (unpaired) electrons. The van der Waals surface area contributed by atoms with Crippen LogP contribution in [0.4, 0.5) is 0 Å². The van der Waals surface area contributed by atoms with Gasteiger partial charge in [-0.25, -0.2) is 8.42 Å². The van der Waals surface area contributed by atoms with E-state index >= 15 is 0 Å². The molecule has 0 aliphatic carbocycles. The van der Waals surface area contributed by atoms with E-state index in [9.17, 15) is 8.42 Å². The van der Waals surface area contributed by atoms with E-state index in [0.29, 0.717) is 26.6 Å². The van der Waals surface area contributed by atoms with Crippen LogP contribution in [0.3, 0.4) is 0 Å². The van der Waals surface area contributed by atoms with Gasteiger partial charge < -0.3 is 0 Å². The van der Waals surface area contributed by atoms with Crippen molar-refractivity contribution < 1.29 is 8.42 Å². The van der Waals surface area contributed by atoms with Crippen molar-refractivity contribution in [3.63, 3.8) is 0 Å². The zero-order valence-electron chi connectivity index (χ0n) is 10.2. The molecule has 18 heavy (non-hydrogen) atoms.